The van der Waals surface area contributed by atoms with Gasteiger partial charge in [0.15, 0.2) is 0 Å². The van der Waals surface area contributed by atoms with Gasteiger partial charge < -0.3 is 9.64 Å². The highest BCUT2D eigenvalue weighted by atomic mass is 16.6. The van der Waals surface area contributed by atoms with Crippen molar-refractivity contribution < 1.29 is 14.3 Å². The summed E-state index contributed by atoms with van der Waals surface area (Å²) in [5.41, 5.74) is 0.956. The SMILES string of the molecule is CN(C(=O)C1CCCN1C(=O)OCc1ccccc1)C1CCCCC1. The summed E-state index contributed by atoms with van der Waals surface area (Å²) in [5, 5.41) is 0. The second kappa shape index (κ2) is 8.37. The highest BCUT2D eigenvalue weighted by Gasteiger charge is 2.38. The first-order valence-corrected chi connectivity index (χ1v) is 9.41. The standard InChI is InChI=1S/C20H28N2O3/c1-21(17-11-6-3-7-12-17)19(23)18-13-8-14-22(18)20(24)25-15-16-9-4-2-5-10-16/h2,4-5,9-10,17-18H,3,6-8,11-15H2,1H3. The van der Waals surface area contributed by atoms with Crippen LogP contribution in [0.15, 0.2) is 30.3 Å². The van der Waals surface area contributed by atoms with Crippen LogP contribution in [-0.2, 0) is 16.1 Å². The van der Waals surface area contributed by atoms with E-state index in [2.05, 4.69) is 0 Å². The molecule has 5 nitrogen and oxygen atoms in total. The van der Waals surface area contributed by atoms with Gasteiger partial charge in [0.2, 0.25) is 5.91 Å². The van der Waals surface area contributed by atoms with Crippen LogP contribution in [0.3, 0.4) is 0 Å². The average molecular weight is 344 g/mol. The number of benzene rings is 1. The van der Waals surface area contributed by atoms with E-state index in [4.69, 9.17) is 4.74 Å². The van der Waals surface area contributed by atoms with Crippen LogP contribution in [0.25, 0.3) is 0 Å². The van der Waals surface area contributed by atoms with Gasteiger partial charge in [-0.3, -0.25) is 9.69 Å². The Kier molecular flexibility index (Phi) is 5.95. The molecule has 1 heterocycles. The fraction of sp³-hybridized carbons (Fsp3) is 0.600. The fourth-order valence-corrected chi connectivity index (χ4v) is 3.93. The van der Waals surface area contributed by atoms with Crippen molar-refractivity contribution in [1.29, 1.82) is 0 Å². The van der Waals surface area contributed by atoms with E-state index in [9.17, 15) is 9.59 Å². The van der Waals surface area contributed by atoms with Gasteiger partial charge in [-0.15, -0.1) is 0 Å². The van der Waals surface area contributed by atoms with Gasteiger partial charge in [0.05, 0.1) is 0 Å². The molecule has 0 bridgehead atoms. The van der Waals surface area contributed by atoms with E-state index < -0.39 is 0 Å². The van der Waals surface area contributed by atoms with Crippen LogP contribution in [0, 0.1) is 0 Å². The van der Waals surface area contributed by atoms with Gasteiger partial charge in [-0.05, 0) is 31.2 Å². The number of ether oxygens (including phenoxy) is 1. The van der Waals surface area contributed by atoms with E-state index >= 15 is 0 Å². The monoisotopic (exact) mass is 344 g/mol. The van der Waals surface area contributed by atoms with E-state index in [1.165, 1.54) is 19.3 Å². The molecule has 1 aromatic rings. The molecule has 2 amide bonds. The number of amides is 2. The zero-order valence-electron chi connectivity index (χ0n) is 15.0. The smallest absolute Gasteiger partial charge is 0.410 e. The quantitative estimate of drug-likeness (QED) is 0.839. The molecule has 0 N–H and O–H groups in total. The minimum absolute atomic E-state index is 0.0704. The third-order valence-electron chi connectivity index (χ3n) is 5.45. The van der Waals surface area contributed by atoms with E-state index in [1.54, 1.807) is 4.90 Å². The summed E-state index contributed by atoms with van der Waals surface area (Å²) in [6, 6.07) is 9.59. The lowest BCUT2D eigenvalue weighted by atomic mass is 9.94. The highest BCUT2D eigenvalue weighted by molar-refractivity contribution is 5.86. The Morgan fingerprint density at radius 2 is 1.80 bits per heavy atom. The van der Waals surface area contributed by atoms with Crippen LogP contribution in [0.4, 0.5) is 4.79 Å². The molecule has 1 saturated carbocycles. The highest BCUT2D eigenvalue weighted by Crippen LogP contribution is 2.26. The molecule has 25 heavy (non-hydrogen) atoms. The lowest BCUT2D eigenvalue weighted by Gasteiger charge is -2.34. The molecule has 1 unspecified atom stereocenters. The van der Waals surface area contributed by atoms with E-state index in [1.807, 2.05) is 42.3 Å². The van der Waals surface area contributed by atoms with Crippen LogP contribution in [0.5, 0.6) is 0 Å². The molecule has 0 radical (unpaired) electrons. The number of nitrogens with zero attached hydrogens (tertiary/aromatic N) is 2. The Hall–Kier alpha value is -2.04. The van der Waals surface area contributed by atoms with Gasteiger partial charge in [-0.1, -0.05) is 49.6 Å². The zero-order valence-corrected chi connectivity index (χ0v) is 15.0. The predicted molar refractivity (Wildman–Crippen MR) is 96.0 cm³/mol. The van der Waals surface area contributed by atoms with Crippen molar-refractivity contribution in [3.05, 3.63) is 35.9 Å². The van der Waals surface area contributed by atoms with Gasteiger partial charge in [0.25, 0.3) is 0 Å². The molecule has 1 aromatic carbocycles. The summed E-state index contributed by atoms with van der Waals surface area (Å²) in [6.07, 6.45) is 7.01. The van der Waals surface area contributed by atoms with Crippen LogP contribution in [0.2, 0.25) is 0 Å². The molecule has 2 aliphatic rings. The summed E-state index contributed by atoms with van der Waals surface area (Å²) in [4.78, 5) is 28.9. The van der Waals surface area contributed by atoms with Crippen molar-refractivity contribution in [2.75, 3.05) is 13.6 Å². The first kappa shape index (κ1) is 17.8. The lowest BCUT2D eigenvalue weighted by molar-refractivity contribution is -0.137. The number of rotatable bonds is 4. The molecule has 0 spiro atoms. The molecule has 1 saturated heterocycles. The molecule has 1 atom stereocenters. The normalized spacial score (nSPS) is 21.2. The second-order valence-corrected chi connectivity index (χ2v) is 7.13. The summed E-state index contributed by atoms with van der Waals surface area (Å²) >= 11 is 0. The van der Waals surface area contributed by atoms with Gasteiger partial charge >= 0.3 is 6.09 Å². The first-order valence-electron chi connectivity index (χ1n) is 9.41. The topological polar surface area (TPSA) is 49.9 Å². The van der Waals surface area contributed by atoms with E-state index in [0.717, 1.165) is 31.2 Å². The minimum atomic E-state index is -0.378. The average Bonchev–Trinajstić information content (AvgIpc) is 3.16. The Bertz CT molecular complexity index is 584. The lowest BCUT2D eigenvalue weighted by Crippen LogP contribution is -2.50. The fourth-order valence-electron chi connectivity index (χ4n) is 3.93. The third kappa shape index (κ3) is 4.33. The first-order chi connectivity index (χ1) is 12.2. The number of likely N-dealkylation sites (N-methyl/N-ethyl adjacent to an activating group) is 1. The van der Waals surface area contributed by atoms with Crippen LogP contribution in [-0.4, -0.2) is 47.5 Å². The minimum Gasteiger partial charge on any atom is -0.445 e. The van der Waals surface area contributed by atoms with Crippen LogP contribution < -0.4 is 0 Å². The summed E-state index contributed by atoms with van der Waals surface area (Å²) in [7, 11) is 1.89. The van der Waals surface area contributed by atoms with Crippen LogP contribution in [0.1, 0.15) is 50.5 Å². The molecule has 2 fully saturated rings. The van der Waals surface area contributed by atoms with Crippen molar-refractivity contribution in [1.82, 2.24) is 9.80 Å². The molecular weight excluding hydrogens is 316 g/mol. The molecule has 1 aliphatic carbocycles. The van der Waals surface area contributed by atoms with Crippen molar-refractivity contribution in [3.8, 4) is 0 Å². The van der Waals surface area contributed by atoms with Gasteiger partial charge in [0, 0.05) is 19.6 Å². The Morgan fingerprint density at radius 3 is 2.52 bits per heavy atom. The zero-order chi connectivity index (χ0) is 17.6. The van der Waals surface area contributed by atoms with E-state index in [0.29, 0.717) is 12.6 Å². The van der Waals surface area contributed by atoms with Crippen molar-refractivity contribution in [3.63, 3.8) is 0 Å². The summed E-state index contributed by atoms with van der Waals surface area (Å²) < 4.78 is 5.43. The largest absolute Gasteiger partial charge is 0.445 e. The second-order valence-electron chi connectivity index (χ2n) is 7.13. The third-order valence-corrected chi connectivity index (χ3v) is 5.45. The molecule has 1 aliphatic heterocycles. The van der Waals surface area contributed by atoms with Gasteiger partial charge in [0.1, 0.15) is 12.6 Å². The van der Waals surface area contributed by atoms with Crippen molar-refractivity contribution in [2.24, 2.45) is 0 Å². The maximum absolute atomic E-state index is 12.9. The Labute approximate surface area is 149 Å². The number of likely N-dealkylation sites (tertiary alicyclic amines) is 1. The number of carbonyl (C=O) groups excluding carboxylic acids is 2. The van der Waals surface area contributed by atoms with Crippen molar-refractivity contribution >= 4 is 12.0 Å². The van der Waals surface area contributed by atoms with Crippen molar-refractivity contribution in [2.45, 2.75) is 63.6 Å². The Morgan fingerprint density at radius 1 is 1.08 bits per heavy atom. The molecule has 136 valence electrons. The molecule has 5 heteroatoms. The van der Waals surface area contributed by atoms with E-state index in [-0.39, 0.29) is 24.6 Å². The molecular formula is C20H28N2O3. The predicted octanol–water partition coefficient (Wildman–Crippen LogP) is 3.58. The summed E-state index contributed by atoms with van der Waals surface area (Å²) in [6.45, 7) is 0.845. The maximum Gasteiger partial charge on any atom is 0.410 e. The van der Waals surface area contributed by atoms with Gasteiger partial charge in [-0.2, -0.15) is 0 Å². The molecule has 0 aromatic heterocycles. The summed E-state index contributed by atoms with van der Waals surface area (Å²) in [5.74, 6) is 0.0704. The van der Waals surface area contributed by atoms with Gasteiger partial charge in [-0.25, -0.2) is 4.79 Å². The number of hydrogen-bond donors (Lipinski definition) is 0. The number of hydrogen-bond acceptors (Lipinski definition) is 3. The van der Waals surface area contributed by atoms with Crippen LogP contribution >= 0.6 is 0 Å². The Balaban J connectivity index is 1.57. The number of carbonyl (C=O) groups is 2. The maximum atomic E-state index is 12.9. The molecule has 3 rings (SSSR count).